The van der Waals surface area contributed by atoms with Gasteiger partial charge in [-0.15, -0.1) is 0 Å². The Morgan fingerprint density at radius 2 is 2.14 bits per heavy atom. The Morgan fingerprint density at radius 1 is 1.48 bits per heavy atom. The third-order valence-corrected chi connectivity index (χ3v) is 3.72. The molecule has 7 heteroatoms. The van der Waals surface area contributed by atoms with Gasteiger partial charge in [-0.25, -0.2) is 0 Å². The van der Waals surface area contributed by atoms with Crippen LogP contribution in [0.1, 0.15) is 31.2 Å². The number of benzene rings is 1. The summed E-state index contributed by atoms with van der Waals surface area (Å²) in [6, 6.07) is 6.35. The summed E-state index contributed by atoms with van der Waals surface area (Å²) < 4.78 is 0. The third-order valence-electron chi connectivity index (χ3n) is 3.72. The summed E-state index contributed by atoms with van der Waals surface area (Å²) in [7, 11) is 0. The van der Waals surface area contributed by atoms with Crippen molar-refractivity contribution in [3.63, 3.8) is 0 Å². The van der Waals surface area contributed by atoms with Crippen LogP contribution in [0.2, 0.25) is 0 Å². The Hall–Kier alpha value is -2.62. The van der Waals surface area contributed by atoms with Crippen molar-refractivity contribution in [1.29, 1.82) is 5.26 Å². The maximum Gasteiger partial charge on any atom is 0.289 e. The zero-order valence-corrected chi connectivity index (χ0v) is 11.5. The maximum atomic E-state index is 11.3. The van der Waals surface area contributed by atoms with E-state index in [9.17, 15) is 14.9 Å². The predicted octanol–water partition coefficient (Wildman–Crippen LogP) is 1.70. The molecule has 0 heterocycles. The number of nitrogens with zero attached hydrogens (tertiary/aromatic N) is 3. The second kappa shape index (κ2) is 6.22. The van der Waals surface area contributed by atoms with Crippen LogP contribution < -0.4 is 10.6 Å². The number of rotatable bonds is 5. The minimum atomic E-state index is -0.584. The van der Waals surface area contributed by atoms with Crippen molar-refractivity contribution in [3.05, 3.63) is 33.9 Å². The van der Waals surface area contributed by atoms with Crippen LogP contribution in [0, 0.1) is 21.4 Å². The number of carbonyl (C=O) groups excluding carboxylic acids is 1. The smallest absolute Gasteiger partial charge is 0.289 e. The summed E-state index contributed by atoms with van der Waals surface area (Å²) in [4.78, 5) is 23.5. The van der Waals surface area contributed by atoms with Gasteiger partial charge in [-0.05, 0) is 25.0 Å². The molecule has 1 fully saturated rings. The van der Waals surface area contributed by atoms with Crippen LogP contribution in [0.3, 0.4) is 0 Å². The fourth-order valence-electron chi connectivity index (χ4n) is 2.76. The lowest BCUT2D eigenvalue weighted by atomic mass is 10.1. The summed E-state index contributed by atoms with van der Waals surface area (Å²) in [5, 5.41) is 20.0. The molecule has 0 unspecified atom stereocenters. The van der Waals surface area contributed by atoms with Crippen LogP contribution >= 0.6 is 0 Å². The Morgan fingerprint density at radius 3 is 2.67 bits per heavy atom. The van der Waals surface area contributed by atoms with E-state index in [1.54, 1.807) is 12.1 Å². The van der Waals surface area contributed by atoms with E-state index >= 15 is 0 Å². The number of primary amides is 1. The number of hydrogen-bond donors (Lipinski definition) is 1. The number of nitriles is 1. The molecular formula is C14H16N4O3. The fourth-order valence-corrected chi connectivity index (χ4v) is 2.76. The summed E-state index contributed by atoms with van der Waals surface area (Å²) >= 11 is 0. The van der Waals surface area contributed by atoms with Gasteiger partial charge in [-0.2, -0.15) is 5.26 Å². The van der Waals surface area contributed by atoms with Gasteiger partial charge in [0.25, 0.3) is 5.69 Å². The number of nitro groups is 1. The summed E-state index contributed by atoms with van der Waals surface area (Å²) in [6.45, 7) is 0.0215. The Balaban J connectivity index is 2.39. The van der Waals surface area contributed by atoms with E-state index in [4.69, 9.17) is 11.0 Å². The van der Waals surface area contributed by atoms with Crippen LogP contribution in [0.4, 0.5) is 11.4 Å². The fraction of sp³-hybridized carbons (Fsp3) is 0.429. The summed E-state index contributed by atoms with van der Waals surface area (Å²) in [5.74, 6) is -0.478. The van der Waals surface area contributed by atoms with Gasteiger partial charge in [0.05, 0.1) is 11.5 Å². The SMILES string of the molecule is N#Cc1ccc(N(CC(N)=O)C2CCCC2)cc1[N+](=O)[O-]. The van der Waals surface area contributed by atoms with E-state index in [0.717, 1.165) is 25.7 Å². The standard InChI is InChI=1S/C14H16N4O3/c15-8-10-5-6-12(7-13(10)18(20)21)17(9-14(16)19)11-3-1-2-4-11/h5-7,11H,1-4,9H2,(H2,16,19). The van der Waals surface area contributed by atoms with E-state index in [0.29, 0.717) is 5.69 Å². The van der Waals surface area contributed by atoms with E-state index < -0.39 is 10.8 Å². The molecule has 110 valence electrons. The van der Waals surface area contributed by atoms with Gasteiger partial charge in [0.15, 0.2) is 0 Å². The molecule has 1 aromatic carbocycles. The molecule has 1 aromatic rings. The minimum absolute atomic E-state index is 0.00852. The summed E-state index contributed by atoms with van der Waals surface area (Å²) in [6.07, 6.45) is 4.00. The molecule has 1 saturated carbocycles. The van der Waals surface area contributed by atoms with Crippen molar-refractivity contribution < 1.29 is 9.72 Å². The van der Waals surface area contributed by atoms with Crippen molar-refractivity contribution in [1.82, 2.24) is 0 Å². The molecule has 0 atom stereocenters. The molecule has 0 saturated heterocycles. The van der Waals surface area contributed by atoms with Gasteiger partial charge >= 0.3 is 0 Å². The van der Waals surface area contributed by atoms with Crippen LogP contribution in [0.25, 0.3) is 0 Å². The Kier molecular flexibility index (Phi) is 4.38. The van der Waals surface area contributed by atoms with Crippen LogP contribution in [-0.4, -0.2) is 23.4 Å². The summed E-state index contributed by atoms with van der Waals surface area (Å²) in [5.41, 5.74) is 5.61. The molecule has 2 N–H and O–H groups in total. The minimum Gasteiger partial charge on any atom is -0.368 e. The van der Waals surface area contributed by atoms with E-state index in [1.807, 2.05) is 4.90 Å². The average Bonchev–Trinajstić information content (AvgIpc) is 2.97. The zero-order valence-electron chi connectivity index (χ0n) is 11.5. The van der Waals surface area contributed by atoms with Gasteiger partial charge in [-0.3, -0.25) is 14.9 Å². The maximum absolute atomic E-state index is 11.3. The second-order valence-corrected chi connectivity index (χ2v) is 5.10. The highest BCUT2D eigenvalue weighted by Crippen LogP contribution is 2.31. The van der Waals surface area contributed by atoms with Crippen molar-refractivity contribution in [2.75, 3.05) is 11.4 Å². The van der Waals surface area contributed by atoms with Crippen LogP contribution in [0.15, 0.2) is 18.2 Å². The van der Waals surface area contributed by atoms with Crippen LogP contribution in [-0.2, 0) is 4.79 Å². The molecule has 0 spiro atoms. The van der Waals surface area contributed by atoms with Crippen molar-refractivity contribution in [2.24, 2.45) is 5.73 Å². The molecule has 1 aliphatic carbocycles. The monoisotopic (exact) mass is 288 g/mol. The molecule has 0 bridgehead atoms. The lowest BCUT2D eigenvalue weighted by Crippen LogP contribution is -2.40. The Bertz CT molecular complexity index is 603. The third kappa shape index (κ3) is 3.28. The second-order valence-electron chi connectivity index (χ2n) is 5.10. The number of hydrogen-bond acceptors (Lipinski definition) is 5. The molecule has 1 amide bonds. The predicted molar refractivity (Wildman–Crippen MR) is 76.6 cm³/mol. The Labute approximate surface area is 122 Å². The van der Waals surface area contributed by atoms with Gasteiger partial charge in [0.1, 0.15) is 11.6 Å². The lowest BCUT2D eigenvalue weighted by Gasteiger charge is -2.29. The molecule has 7 nitrogen and oxygen atoms in total. The molecule has 0 radical (unpaired) electrons. The van der Waals surface area contributed by atoms with E-state index in [-0.39, 0.29) is 23.8 Å². The van der Waals surface area contributed by atoms with Gasteiger partial charge in [0, 0.05) is 17.8 Å². The topological polar surface area (TPSA) is 113 Å². The quantitative estimate of drug-likeness (QED) is 0.654. The first-order valence-corrected chi connectivity index (χ1v) is 6.76. The highest BCUT2D eigenvalue weighted by atomic mass is 16.6. The van der Waals surface area contributed by atoms with Crippen molar-refractivity contribution in [2.45, 2.75) is 31.7 Å². The molecule has 0 aliphatic heterocycles. The molecule has 21 heavy (non-hydrogen) atoms. The van der Waals surface area contributed by atoms with E-state index in [1.165, 1.54) is 12.1 Å². The number of amides is 1. The van der Waals surface area contributed by atoms with Crippen molar-refractivity contribution >= 4 is 17.3 Å². The first-order valence-electron chi connectivity index (χ1n) is 6.76. The van der Waals surface area contributed by atoms with Gasteiger partial charge < -0.3 is 10.6 Å². The van der Waals surface area contributed by atoms with Gasteiger partial charge in [0.2, 0.25) is 5.91 Å². The zero-order chi connectivity index (χ0) is 15.4. The molecular weight excluding hydrogens is 272 g/mol. The first kappa shape index (κ1) is 14.8. The highest BCUT2D eigenvalue weighted by molar-refractivity contribution is 5.80. The molecule has 0 aromatic heterocycles. The molecule has 2 rings (SSSR count). The van der Waals surface area contributed by atoms with Gasteiger partial charge in [-0.1, -0.05) is 12.8 Å². The number of carbonyl (C=O) groups is 1. The normalized spacial score (nSPS) is 14.6. The first-order chi connectivity index (χ1) is 10.0. The van der Waals surface area contributed by atoms with Crippen molar-refractivity contribution in [3.8, 4) is 6.07 Å². The lowest BCUT2D eigenvalue weighted by molar-refractivity contribution is -0.385. The number of anilines is 1. The van der Waals surface area contributed by atoms with Crippen LogP contribution in [0.5, 0.6) is 0 Å². The number of nitrogens with two attached hydrogens (primary N) is 1. The number of nitro benzene ring substituents is 1. The molecule has 1 aliphatic rings. The highest BCUT2D eigenvalue weighted by Gasteiger charge is 2.26. The average molecular weight is 288 g/mol. The largest absolute Gasteiger partial charge is 0.368 e. The van der Waals surface area contributed by atoms with E-state index in [2.05, 4.69) is 0 Å².